The van der Waals surface area contributed by atoms with Crippen molar-refractivity contribution >= 4 is 11.0 Å². The molecule has 2 aromatic heterocycles. The fraction of sp³-hybridized carbons (Fsp3) is 0.632. The number of fused-ring (bicyclic) bond motifs is 1. The molecule has 0 bridgehead atoms. The second-order valence-electron chi connectivity index (χ2n) is 7.35. The zero-order valence-corrected chi connectivity index (χ0v) is 14.2. The van der Waals surface area contributed by atoms with Gasteiger partial charge in [-0.05, 0) is 50.3 Å². The highest BCUT2D eigenvalue weighted by Gasteiger charge is 2.27. The molecule has 1 aliphatic heterocycles. The van der Waals surface area contributed by atoms with Crippen LogP contribution in [-0.4, -0.2) is 40.2 Å². The first-order valence-electron chi connectivity index (χ1n) is 9.04. The maximum atomic E-state index is 5.89. The normalized spacial score (nSPS) is 27.0. The molecular weight excluding hydrogens is 286 g/mol. The minimum absolute atomic E-state index is 0.317. The molecule has 2 aromatic rings. The Morgan fingerprint density at radius 2 is 1.96 bits per heavy atom. The molecule has 1 N–H and O–H groups in total. The van der Waals surface area contributed by atoms with Crippen molar-refractivity contribution in [1.29, 1.82) is 0 Å². The summed E-state index contributed by atoms with van der Waals surface area (Å²) in [5, 5.41) is 1.31. The molecular formula is C19H27N3O. The van der Waals surface area contributed by atoms with Crippen molar-refractivity contribution in [3.63, 3.8) is 0 Å². The van der Waals surface area contributed by atoms with Crippen molar-refractivity contribution in [2.24, 2.45) is 0 Å². The summed E-state index contributed by atoms with van der Waals surface area (Å²) in [6.45, 7) is 7.40. The van der Waals surface area contributed by atoms with Crippen LogP contribution in [0.5, 0.6) is 0 Å². The Morgan fingerprint density at radius 3 is 2.70 bits per heavy atom. The lowest BCUT2D eigenvalue weighted by Crippen LogP contribution is -2.44. The standard InChI is InChI=1S/C19H27N3O/c1-13-10-22(11-14(2)23-13)12-17-16-8-5-9-20-19(16)21-18(17)15-6-3-4-7-15/h5,8-9,13-15H,3-4,6-7,10-12H2,1-2H3,(H,20,21)/t13-,14-/m0/s1. The van der Waals surface area contributed by atoms with Crippen LogP contribution >= 0.6 is 0 Å². The lowest BCUT2D eigenvalue weighted by molar-refractivity contribution is -0.0704. The number of hydrogen-bond donors (Lipinski definition) is 1. The molecule has 124 valence electrons. The van der Waals surface area contributed by atoms with Crippen molar-refractivity contribution in [1.82, 2.24) is 14.9 Å². The molecule has 0 amide bonds. The summed E-state index contributed by atoms with van der Waals surface area (Å²) in [5.41, 5.74) is 3.98. The van der Waals surface area contributed by atoms with Crippen molar-refractivity contribution < 1.29 is 4.74 Å². The largest absolute Gasteiger partial charge is 0.373 e. The average molecular weight is 313 g/mol. The lowest BCUT2D eigenvalue weighted by Gasteiger charge is -2.35. The SMILES string of the molecule is C[C@H]1CN(Cc2c(C3CCCC3)[nH]c3ncccc23)C[C@H](C)O1. The molecule has 2 fully saturated rings. The van der Waals surface area contributed by atoms with Crippen LogP contribution in [-0.2, 0) is 11.3 Å². The van der Waals surface area contributed by atoms with Crippen LogP contribution in [0.15, 0.2) is 18.3 Å². The Labute approximate surface area is 138 Å². The van der Waals surface area contributed by atoms with E-state index in [0.29, 0.717) is 18.1 Å². The Bertz CT molecular complexity index is 664. The summed E-state index contributed by atoms with van der Waals surface area (Å²) >= 11 is 0. The number of pyridine rings is 1. The smallest absolute Gasteiger partial charge is 0.137 e. The van der Waals surface area contributed by atoms with E-state index < -0.39 is 0 Å². The van der Waals surface area contributed by atoms with E-state index in [9.17, 15) is 0 Å². The van der Waals surface area contributed by atoms with Gasteiger partial charge in [0.2, 0.25) is 0 Å². The summed E-state index contributed by atoms with van der Waals surface area (Å²) in [6.07, 6.45) is 7.87. The molecule has 1 saturated carbocycles. The monoisotopic (exact) mass is 313 g/mol. The van der Waals surface area contributed by atoms with Gasteiger partial charge in [0.15, 0.2) is 0 Å². The Hall–Kier alpha value is -1.39. The predicted octanol–water partition coefficient (Wildman–Crippen LogP) is 3.83. The highest BCUT2D eigenvalue weighted by atomic mass is 16.5. The molecule has 0 aromatic carbocycles. The molecule has 0 spiro atoms. The fourth-order valence-electron chi connectivity index (χ4n) is 4.47. The van der Waals surface area contributed by atoms with Crippen LogP contribution < -0.4 is 0 Å². The van der Waals surface area contributed by atoms with Gasteiger partial charge >= 0.3 is 0 Å². The first kappa shape index (κ1) is 15.2. The topological polar surface area (TPSA) is 41.2 Å². The first-order valence-corrected chi connectivity index (χ1v) is 9.04. The quantitative estimate of drug-likeness (QED) is 0.936. The summed E-state index contributed by atoms with van der Waals surface area (Å²) in [7, 11) is 0. The summed E-state index contributed by atoms with van der Waals surface area (Å²) in [4.78, 5) is 10.8. The van der Waals surface area contributed by atoms with Gasteiger partial charge in [-0.2, -0.15) is 0 Å². The number of morpholine rings is 1. The molecule has 4 heteroatoms. The van der Waals surface area contributed by atoms with E-state index in [4.69, 9.17) is 4.74 Å². The molecule has 0 radical (unpaired) electrons. The number of ether oxygens (including phenoxy) is 1. The third-order valence-electron chi connectivity index (χ3n) is 5.35. The predicted molar refractivity (Wildman–Crippen MR) is 92.6 cm³/mol. The molecule has 4 rings (SSSR count). The Morgan fingerprint density at radius 1 is 1.22 bits per heavy atom. The number of aromatic amines is 1. The fourth-order valence-corrected chi connectivity index (χ4v) is 4.47. The maximum Gasteiger partial charge on any atom is 0.137 e. The van der Waals surface area contributed by atoms with E-state index in [1.54, 1.807) is 0 Å². The second kappa shape index (κ2) is 6.25. The van der Waals surface area contributed by atoms with Crippen LogP contribution in [0.2, 0.25) is 0 Å². The van der Waals surface area contributed by atoms with Gasteiger partial charge in [0.25, 0.3) is 0 Å². The van der Waals surface area contributed by atoms with E-state index in [0.717, 1.165) is 25.3 Å². The van der Waals surface area contributed by atoms with Crippen LogP contribution in [0.25, 0.3) is 11.0 Å². The Kier molecular flexibility index (Phi) is 4.12. The second-order valence-corrected chi connectivity index (χ2v) is 7.35. The molecule has 3 heterocycles. The highest BCUT2D eigenvalue weighted by molar-refractivity contribution is 5.81. The molecule has 0 unspecified atom stereocenters. The zero-order valence-electron chi connectivity index (χ0n) is 14.2. The molecule has 4 nitrogen and oxygen atoms in total. The molecule has 23 heavy (non-hydrogen) atoms. The maximum absolute atomic E-state index is 5.89. The van der Waals surface area contributed by atoms with Gasteiger partial charge in [-0.1, -0.05) is 12.8 Å². The van der Waals surface area contributed by atoms with Gasteiger partial charge in [0, 0.05) is 36.9 Å². The highest BCUT2D eigenvalue weighted by Crippen LogP contribution is 2.38. The summed E-state index contributed by atoms with van der Waals surface area (Å²) in [5.74, 6) is 0.690. The van der Waals surface area contributed by atoms with Crippen molar-refractivity contribution in [3.05, 3.63) is 29.6 Å². The molecule has 2 aliphatic rings. The summed E-state index contributed by atoms with van der Waals surface area (Å²) < 4.78 is 5.89. The van der Waals surface area contributed by atoms with Gasteiger partial charge in [-0.3, -0.25) is 4.90 Å². The van der Waals surface area contributed by atoms with Gasteiger partial charge in [-0.15, -0.1) is 0 Å². The molecule has 2 atom stereocenters. The number of nitrogens with zero attached hydrogens (tertiary/aromatic N) is 2. The van der Waals surface area contributed by atoms with Crippen LogP contribution in [0.3, 0.4) is 0 Å². The van der Waals surface area contributed by atoms with Crippen molar-refractivity contribution in [3.8, 4) is 0 Å². The lowest BCUT2D eigenvalue weighted by atomic mass is 9.98. The minimum atomic E-state index is 0.317. The summed E-state index contributed by atoms with van der Waals surface area (Å²) in [6, 6.07) is 4.28. The van der Waals surface area contributed by atoms with Gasteiger partial charge in [0.1, 0.15) is 5.65 Å². The van der Waals surface area contributed by atoms with Crippen LogP contribution in [0.1, 0.15) is 56.7 Å². The van der Waals surface area contributed by atoms with Gasteiger partial charge in [-0.25, -0.2) is 4.98 Å². The minimum Gasteiger partial charge on any atom is -0.373 e. The zero-order chi connectivity index (χ0) is 15.8. The van der Waals surface area contributed by atoms with Gasteiger partial charge in [0.05, 0.1) is 12.2 Å². The van der Waals surface area contributed by atoms with Crippen molar-refractivity contribution in [2.45, 2.75) is 64.2 Å². The van der Waals surface area contributed by atoms with E-state index >= 15 is 0 Å². The van der Waals surface area contributed by atoms with E-state index in [1.165, 1.54) is 42.3 Å². The number of rotatable bonds is 3. The number of nitrogens with one attached hydrogen (secondary N) is 1. The number of hydrogen-bond acceptors (Lipinski definition) is 3. The average Bonchev–Trinajstić information content (AvgIpc) is 3.14. The first-order chi connectivity index (χ1) is 11.2. The van der Waals surface area contributed by atoms with Crippen LogP contribution in [0.4, 0.5) is 0 Å². The molecule has 1 saturated heterocycles. The number of aromatic nitrogens is 2. The van der Waals surface area contributed by atoms with Crippen LogP contribution in [0, 0.1) is 0 Å². The third-order valence-corrected chi connectivity index (χ3v) is 5.35. The van der Waals surface area contributed by atoms with Gasteiger partial charge < -0.3 is 9.72 Å². The molecule has 1 aliphatic carbocycles. The van der Waals surface area contributed by atoms with E-state index in [2.05, 4.69) is 40.8 Å². The Balaban J connectivity index is 1.68. The van der Waals surface area contributed by atoms with Crippen molar-refractivity contribution in [2.75, 3.05) is 13.1 Å². The van der Waals surface area contributed by atoms with E-state index in [1.807, 2.05) is 6.20 Å². The van der Waals surface area contributed by atoms with E-state index in [-0.39, 0.29) is 0 Å². The third kappa shape index (κ3) is 3.02. The number of H-pyrrole nitrogens is 1.